The summed E-state index contributed by atoms with van der Waals surface area (Å²) in [5.74, 6) is -0.595. The van der Waals surface area contributed by atoms with Gasteiger partial charge in [0.25, 0.3) is 5.91 Å². The molecule has 35 heavy (non-hydrogen) atoms. The molecule has 182 valence electrons. The summed E-state index contributed by atoms with van der Waals surface area (Å²) in [6.07, 6.45) is -1.63. The highest BCUT2D eigenvalue weighted by atomic mass is 19.4. The predicted octanol–water partition coefficient (Wildman–Crippen LogP) is 4.33. The average Bonchev–Trinajstić information content (AvgIpc) is 3.46. The van der Waals surface area contributed by atoms with Crippen LogP contribution in [0.5, 0.6) is 5.75 Å². The van der Waals surface area contributed by atoms with Gasteiger partial charge in [0.05, 0.1) is 29.3 Å². The molecule has 1 fully saturated rings. The summed E-state index contributed by atoms with van der Waals surface area (Å²) in [5, 5.41) is 16.0. The van der Waals surface area contributed by atoms with Gasteiger partial charge in [-0.3, -0.25) is 4.79 Å². The number of ether oxygens (including phenoxy) is 1. The Morgan fingerprint density at radius 2 is 1.97 bits per heavy atom. The van der Waals surface area contributed by atoms with Crippen LogP contribution >= 0.6 is 0 Å². The molecule has 3 aromatic rings. The van der Waals surface area contributed by atoms with E-state index in [1.165, 1.54) is 29.2 Å². The van der Waals surface area contributed by atoms with Gasteiger partial charge >= 0.3 is 12.8 Å². The molecule has 1 aliphatic rings. The first-order chi connectivity index (χ1) is 16.5. The molecule has 1 aromatic carbocycles. The van der Waals surface area contributed by atoms with Gasteiger partial charge < -0.3 is 10.1 Å². The van der Waals surface area contributed by atoms with Crippen molar-refractivity contribution in [1.29, 1.82) is 5.26 Å². The fraction of sp³-hybridized carbons (Fsp3) is 0.318. The summed E-state index contributed by atoms with van der Waals surface area (Å²) in [6, 6.07) is 6.73. The summed E-state index contributed by atoms with van der Waals surface area (Å²) in [6.45, 7) is -1.47. The first-order valence-electron chi connectivity index (χ1n) is 10.3. The number of rotatable bonds is 7. The lowest BCUT2D eigenvalue weighted by molar-refractivity contribution is -0.137. The number of pyridine rings is 1. The summed E-state index contributed by atoms with van der Waals surface area (Å²) < 4.78 is 70.5. The standard InChI is InChI=1S/C22H17F5N6O2/c1-12(18-30-11-31-33(18)17-3-2-16(9-29-17)35-20(23)24)32-19(34)13-6-14(21(10-28)4-5-21)8-15(7-13)22(25,26)27/h2-3,6-9,11-12,20H,4-5H2,1H3,(H,32,34). The molecule has 1 atom stereocenters. The van der Waals surface area contributed by atoms with Crippen molar-refractivity contribution in [2.24, 2.45) is 0 Å². The van der Waals surface area contributed by atoms with Gasteiger partial charge in [0.15, 0.2) is 11.6 Å². The number of nitriles is 1. The Hall–Kier alpha value is -4.08. The Labute approximate surface area is 195 Å². The molecule has 0 aliphatic heterocycles. The summed E-state index contributed by atoms with van der Waals surface area (Å²) in [5.41, 5.74) is -2.15. The van der Waals surface area contributed by atoms with Crippen LogP contribution in [0, 0.1) is 11.3 Å². The van der Waals surface area contributed by atoms with Crippen molar-refractivity contribution in [3.05, 3.63) is 65.4 Å². The van der Waals surface area contributed by atoms with Crippen LogP contribution in [-0.4, -0.2) is 32.3 Å². The van der Waals surface area contributed by atoms with Crippen LogP contribution in [0.15, 0.2) is 42.9 Å². The highest BCUT2D eigenvalue weighted by Gasteiger charge is 2.46. The van der Waals surface area contributed by atoms with E-state index < -0.39 is 35.7 Å². The van der Waals surface area contributed by atoms with E-state index in [9.17, 15) is 32.0 Å². The molecule has 1 amide bonds. The normalized spacial score (nSPS) is 15.4. The fourth-order valence-electron chi connectivity index (χ4n) is 3.53. The van der Waals surface area contributed by atoms with Gasteiger partial charge in [-0.05, 0) is 55.7 Å². The zero-order valence-electron chi connectivity index (χ0n) is 18.1. The number of nitrogens with one attached hydrogen (secondary N) is 1. The molecule has 1 saturated carbocycles. The summed E-state index contributed by atoms with van der Waals surface area (Å²) in [7, 11) is 0. The van der Waals surface area contributed by atoms with Gasteiger partial charge in [-0.1, -0.05) is 0 Å². The zero-order chi connectivity index (χ0) is 25.4. The topological polar surface area (TPSA) is 106 Å². The Balaban J connectivity index is 1.58. The maximum absolute atomic E-state index is 13.5. The van der Waals surface area contributed by atoms with Crippen LogP contribution in [0.3, 0.4) is 0 Å². The number of hydrogen-bond donors (Lipinski definition) is 1. The molecular weight excluding hydrogens is 475 g/mol. The van der Waals surface area contributed by atoms with E-state index >= 15 is 0 Å². The average molecular weight is 492 g/mol. The van der Waals surface area contributed by atoms with Crippen LogP contribution in [0.4, 0.5) is 22.0 Å². The van der Waals surface area contributed by atoms with Crippen molar-refractivity contribution in [2.75, 3.05) is 0 Å². The second-order valence-electron chi connectivity index (χ2n) is 7.95. The highest BCUT2D eigenvalue weighted by molar-refractivity contribution is 5.95. The molecule has 0 radical (unpaired) electrons. The van der Waals surface area contributed by atoms with Crippen molar-refractivity contribution in [3.63, 3.8) is 0 Å². The third-order valence-corrected chi connectivity index (χ3v) is 5.51. The zero-order valence-corrected chi connectivity index (χ0v) is 18.1. The molecule has 0 bridgehead atoms. The molecule has 13 heteroatoms. The molecule has 4 rings (SSSR count). The lowest BCUT2D eigenvalue weighted by Crippen LogP contribution is -2.29. The van der Waals surface area contributed by atoms with Gasteiger partial charge in [0.1, 0.15) is 12.1 Å². The van der Waals surface area contributed by atoms with Crippen LogP contribution in [-0.2, 0) is 11.6 Å². The van der Waals surface area contributed by atoms with Crippen molar-refractivity contribution in [2.45, 2.75) is 44.0 Å². The van der Waals surface area contributed by atoms with Crippen LogP contribution < -0.4 is 10.1 Å². The van der Waals surface area contributed by atoms with Gasteiger partial charge in [0, 0.05) is 5.56 Å². The van der Waals surface area contributed by atoms with E-state index in [4.69, 9.17) is 0 Å². The Morgan fingerprint density at radius 3 is 2.54 bits per heavy atom. The minimum atomic E-state index is -4.70. The monoisotopic (exact) mass is 492 g/mol. The SMILES string of the molecule is CC(NC(=O)c1cc(C(F)(F)F)cc(C2(C#N)CC2)c1)c1ncnn1-c1ccc(OC(F)F)cn1. The molecule has 1 unspecified atom stereocenters. The molecular formula is C22H17F5N6O2. The fourth-order valence-corrected chi connectivity index (χ4v) is 3.53. The van der Waals surface area contributed by atoms with Crippen molar-refractivity contribution in [3.8, 4) is 17.6 Å². The van der Waals surface area contributed by atoms with Gasteiger partial charge in [-0.25, -0.2) is 9.97 Å². The number of alkyl halides is 5. The number of hydrogen-bond acceptors (Lipinski definition) is 6. The molecule has 1 N–H and O–H groups in total. The molecule has 0 saturated heterocycles. The smallest absolute Gasteiger partial charge is 0.416 e. The Bertz CT molecular complexity index is 1280. The van der Waals surface area contributed by atoms with Crippen molar-refractivity contribution in [1.82, 2.24) is 25.1 Å². The van der Waals surface area contributed by atoms with E-state index in [1.54, 1.807) is 6.92 Å². The first-order valence-corrected chi connectivity index (χ1v) is 10.3. The number of benzene rings is 1. The third-order valence-electron chi connectivity index (χ3n) is 5.51. The molecule has 8 nitrogen and oxygen atoms in total. The van der Waals surface area contributed by atoms with E-state index in [-0.39, 0.29) is 28.5 Å². The molecule has 2 heterocycles. The van der Waals surface area contributed by atoms with Crippen LogP contribution in [0.25, 0.3) is 5.82 Å². The number of amides is 1. The Morgan fingerprint density at radius 1 is 1.23 bits per heavy atom. The van der Waals surface area contributed by atoms with Crippen molar-refractivity contribution < 1.29 is 31.5 Å². The minimum Gasteiger partial charge on any atom is -0.433 e. The minimum absolute atomic E-state index is 0.145. The maximum Gasteiger partial charge on any atom is 0.416 e. The number of halogens is 5. The van der Waals surface area contributed by atoms with E-state index in [0.717, 1.165) is 18.3 Å². The first kappa shape index (κ1) is 24.1. The number of carbonyl (C=O) groups excluding carboxylic acids is 1. The predicted molar refractivity (Wildman–Crippen MR) is 110 cm³/mol. The maximum atomic E-state index is 13.5. The van der Waals surface area contributed by atoms with Crippen LogP contribution in [0.1, 0.15) is 53.1 Å². The Kier molecular flexibility index (Phi) is 6.14. The summed E-state index contributed by atoms with van der Waals surface area (Å²) in [4.78, 5) is 20.9. The van der Waals surface area contributed by atoms with Crippen molar-refractivity contribution >= 4 is 5.91 Å². The van der Waals surface area contributed by atoms with Gasteiger partial charge in [-0.15, -0.1) is 0 Å². The van der Waals surface area contributed by atoms with E-state index in [0.29, 0.717) is 12.8 Å². The van der Waals surface area contributed by atoms with Gasteiger partial charge in [0.2, 0.25) is 0 Å². The summed E-state index contributed by atoms with van der Waals surface area (Å²) >= 11 is 0. The number of aromatic nitrogens is 4. The van der Waals surface area contributed by atoms with E-state index in [1.807, 2.05) is 6.07 Å². The second-order valence-corrected chi connectivity index (χ2v) is 7.95. The largest absolute Gasteiger partial charge is 0.433 e. The molecule has 0 spiro atoms. The third kappa shape index (κ3) is 5.06. The quantitative estimate of drug-likeness (QED) is 0.493. The highest BCUT2D eigenvalue weighted by Crippen LogP contribution is 2.48. The lowest BCUT2D eigenvalue weighted by Gasteiger charge is -2.17. The molecule has 2 aromatic heterocycles. The molecule has 1 aliphatic carbocycles. The number of carbonyl (C=O) groups is 1. The second kappa shape index (κ2) is 8.94. The van der Waals surface area contributed by atoms with Gasteiger partial charge in [-0.2, -0.15) is 37.0 Å². The van der Waals surface area contributed by atoms with E-state index in [2.05, 4.69) is 25.1 Å². The lowest BCUT2D eigenvalue weighted by atomic mass is 9.93. The van der Waals surface area contributed by atoms with Crippen LogP contribution in [0.2, 0.25) is 0 Å². The number of nitrogens with zero attached hydrogens (tertiary/aromatic N) is 5.